The predicted molar refractivity (Wildman–Crippen MR) is 91.4 cm³/mol. The van der Waals surface area contributed by atoms with E-state index in [1.54, 1.807) is 36.4 Å². The van der Waals surface area contributed by atoms with E-state index in [9.17, 15) is 5.11 Å². The number of oxazole rings is 1. The largest absolute Gasteiger partial charge is 0.479 e. The summed E-state index contributed by atoms with van der Waals surface area (Å²) in [7, 11) is 0. The molecule has 1 N–H and O–H groups in total. The van der Waals surface area contributed by atoms with E-state index in [1.165, 1.54) is 6.21 Å². The number of rotatable bonds is 4. The summed E-state index contributed by atoms with van der Waals surface area (Å²) in [6.07, 6.45) is 1.48. The highest BCUT2D eigenvalue weighted by Crippen LogP contribution is 2.26. The van der Waals surface area contributed by atoms with Crippen LogP contribution in [0.25, 0.3) is 11.5 Å². The van der Waals surface area contributed by atoms with Gasteiger partial charge in [0.1, 0.15) is 0 Å². The summed E-state index contributed by atoms with van der Waals surface area (Å²) in [6, 6.07) is 14.4. The van der Waals surface area contributed by atoms with Gasteiger partial charge in [-0.2, -0.15) is 0 Å². The van der Waals surface area contributed by atoms with Crippen LogP contribution < -0.4 is 0 Å². The Hall–Kier alpha value is -2.30. The fourth-order valence-corrected chi connectivity index (χ4v) is 2.20. The van der Waals surface area contributed by atoms with E-state index in [4.69, 9.17) is 27.6 Å². The zero-order valence-electron chi connectivity index (χ0n) is 11.9. The molecule has 0 atom stereocenters. The molecule has 0 unspecified atom stereocenters. The summed E-state index contributed by atoms with van der Waals surface area (Å²) in [5.74, 6) is 0.0434. The molecule has 1 aromatic heterocycles. The third kappa shape index (κ3) is 3.92. The van der Waals surface area contributed by atoms with Crippen LogP contribution in [0, 0.1) is 0 Å². The van der Waals surface area contributed by atoms with Crippen molar-refractivity contribution in [1.29, 1.82) is 0 Å². The summed E-state index contributed by atoms with van der Waals surface area (Å²) in [6.45, 7) is 0.458. The van der Waals surface area contributed by atoms with Crippen LogP contribution in [0.4, 0.5) is 0 Å². The monoisotopic (exact) mass is 346 g/mol. The molecule has 0 amide bonds. The molecular formula is C17H12Cl2N2O2. The maximum atomic E-state index is 9.82. The van der Waals surface area contributed by atoms with Crippen molar-refractivity contribution in [3.05, 3.63) is 69.8 Å². The van der Waals surface area contributed by atoms with Crippen LogP contribution in [0.2, 0.25) is 10.0 Å². The Morgan fingerprint density at radius 1 is 1.00 bits per heavy atom. The molecule has 0 saturated carbocycles. The van der Waals surface area contributed by atoms with E-state index in [0.717, 1.165) is 11.1 Å². The van der Waals surface area contributed by atoms with Gasteiger partial charge in [0.2, 0.25) is 5.89 Å². The van der Waals surface area contributed by atoms with E-state index >= 15 is 0 Å². The van der Waals surface area contributed by atoms with Crippen LogP contribution in [0.5, 0.6) is 5.95 Å². The number of aromatic hydroxyl groups is 1. The molecule has 23 heavy (non-hydrogen) atoms. The molecule has 3 aromatic rings. The van der Waals surface area contributed by atoms with E-state index in [2.05, 4.69) is 9.98 Å². The van der Waals surface area contributed by atoms with Crippen LogP contribution in [-0.4, -0.2) is 16.3 Å². The maximum absolute atomic E-state index is 9.82. The summed E-state index contributed by atoms with van der Waals surface area (Å²) in [4.78, 5) is 8.48. The number of benzene rings is 2. The Labute approximate surface area is 143 Å². The Balaban J connectivity index is 1.74. The summed E-state index contributed by atoms with van der Waals surface area (Å²) >= 11 is 11.7. The van der Waals surface area contributed by atoms with Crippen molar-refractivity contribution in [3.8, 4) is 17.4 Å². The normalized spacial score (nSPS) is 11.2. The van der Waals surface area contributed by atoms with Gasteiger partial charge in [-0.1, -0.05) is 35.3 Å². The van der Waals surface area contributed by atoms with Gasteiger partial charge in [0.05, 0.1) is 12.8 Å². The Morgan fingerprint density at radius 2 is 1.61 bits per heavy atom. The Morgan fingerprint density at radius 3 is 2.26 bits per heavy atom. The molecule has 0 saturated heterocycles. The average molecular weight is 347 g/mol. The van der Waals surface area contributed by atoms with Gasteiger partial charge >= 0.3 is 5.95 Å². The molecule has 0 aliphatic rings. The zero-order chi connectivity index (χ0) is 16.2. The first-order valence-electron chi connectivity index (χ1n) is 6.82. The van der Waals surface area contributed by atoms with Gasteiger partial charge in [0.25, 0.3) is 0 Å². The van der Waals surface area contributed by atoms with Gasteiger partial charge in [-0.05, 0) is 42.0 Å². The van der Waals surface area contributed by atoms with Crippen molar-refractivity contribution >= 4 is 29.4 Å². The van der Waals surface area contributed by atoms with Gasteiger partial charge in [0.15, 0.2) is 5.69 Å². The van der Waals surface area contributed by atoms with Gasteiger partial charge in [-0.15, -0.1) is 0 Å². The molecule has 0 aliphatic carbocycles. The van der Waals surface area contributed by atoms with Gasteiger partial charge in [-0.3, -0.25) is 4.99 Å². The predicted octanol–water partition coefficient (Wildman–Crippen LogP) is 4.97. The van der Waals surface area contributed by atoms with Crippen LogP contribution in [0.3, 0.4) is 0 Å². The fourth-order valence-electron chi connectivity index (χ4n) is 1.95. The Kier molecular flexibility index (Phi) is 4.65. The van der Waals surface area contributed by atoms with Gasteiger partial charge in [0, 0.05) is 15.6 Å². The molecule has 0 fully saturated rings. The summed E-state index contributed by atoms with van der Waals surface area (Å²) < 4.78 is 5.25. The van der Waals surface area contributed by atoms with Crippen molar-refractivity contribution in [2.24, 2.45) is 4.99 Å². The van der Waals surface area contributed by atoms with Crippen LogP contribution in [-0.2, 0) is 6.54 Å². The second-order valence-corrected chi connectivity index (χ2v) is 5.69. The first-order chi connectivity index (χ1) is 11.1. The third-order valence-electron chi connectivity index (χ3n) is 3.13. The highest BCUT2D eigenvalue weighted by Gasteiger charge is 2.12. The van der Waals surface area contributed by atoms with E-state index in [-0.39, 0.29) is 11.6 Å². The standard InChI is InChI=1S/C17H12Cl2N2O2/c18-13-5-1-11(2-6-13)9-20-10-15-17(22)23-16(21-15)12-3-7-14(19)8-4-12/h1-8,10,22H,9H2. The van der Waals surface area contributed by atoms with E-state index in [1.807, 2.05) is 12.1 Å². The zero-order valence-corrected chi connectivity index (χ0v) is 13.4. The molecule has 4 nitrogen and oxygen atoms in total. The molecule has 0 spiro atoms. The molecule has 2 aromatic carbocycles. The number of hydrogen-bond acceptors (Lipinski definition) is 4. The second kappa shape index (κ2) is 6.86. The highest BCUT2D eigenvalue weighted by molar-refractivity contribution is 6.30. The average Bonchev–Trinajstić information content (AvgIpc) is 2.91. The smallest absolute Gasteiger partial charge is 0.312 e. The van der Waals surface area contributed by atoms with Crippen molar-refractivity contribution < 1.29 is 9.52 Å². The Bertz CT molecular complexity index is 825. The fraction of sp³-hybridized carbons (Fsp3) is 0.0588. The van der Waals surface area contributed by atoms with E-state index < -0.39 is 0 Å². The number of aliphatic imine (C=N–C) groups is 1. The topological polar surface area (TPSA) is 58.6 Å². The van der Waals surface area contributed by atoms with Crippen molar-refractivity contribution in [2.75, 3.05) is 0 Å². The lowest BCUT2D eigenvalue weighted by molar-refractivity contribution is 0.337. The molecule has 3 rings (SSSR count). The quantitative estimate of drug-likeness (QED) is 0.678. The first-order valence-corrected chi connectivity index (χ1v) is 7.57. The van der Waals surface area contributed by atoms with Crippen LogP contribution in [0.15, 0.2) is 57.9 Å². The minimum atomic E-state index is -0.269. The molecule has 1 heterocycles. The van der Waals surface area contributed by atoms with Crippen molar-refractivity contribution in [2.45, 2.75) is 6.54 Å². The highest BCUT2D eigenvalue weighted by atomic mass is 35.5. The van der Waals surface area contributed by atoms with Crippen LogP contribution >= 0.6 is 23.2 Å². The van der Waals surface area contributed by atoms with Crippen molar-refractivity contribution in [3.63, 3.8) is 0 Å². The molecule has 0 radical (unpaired) electrons. The van der Waals surface area contributed by atoms with E-state index in [0.29, 0.717) is 22.5 Å². The molecule has 116 valence electrons. The van der Waals surface area contributed by atoms with Crippen molar-refractivity contribution in [1.82, 2.24) is 4.98 Å². The third-order valence-corrected chi connectivity index (χ3v) is 3.63. The molecule has 6 heteroatoms. The number of aromatic nitrogens is 1. The number of nitrogens with zero attached hydrogens (tertiary/aromatic N) is 2. The second-order valence-electron chi connectivity index (χ2n) is 4.81. The SMILES string of the molecule is Oc1oc(-c2ccc(Cl)cc2)nc1C=NCc1ccc(Cl)cc1. The summed E-state index contributed by atoms with van der Waals surface area (Å²) in [5, 5.41) is 11.1. The molecular weight excluding hydrogens is 335 g/mol. The number of halogens is 2. The van der Waals surface area contributed by atoms with Gasteiger partial charge < -0.3 is 9.52 Å². The summed E-state index contributed by atoms with van der Waals surface area (Å²) in [5.41, 5.74) is 2.01. The minimum Gasteiger partial charge on any atom is -0.479 e. The lowest BCUT2D eigenvalue weighted by atomic mass is 10.2. The lowest BCUT2D eigenvalue weighted by Crippen LogP contribution is -1.86. The molecule has 0 bridgehead atoms. The first kappa shape index (κ1) is 15.6. The van der Waals surface area contributed by atoms with Gasteiger partial charge in [-0.25, -0.2) is 4.98 Å². The van der Waals surface area contributed by atoms with Crippen LogP contribution in [0.1, 0.15) is 11.3 Å². The minimum absolute atomic E-state index is 0.269. The maximum Gasteiger partial charge on any atom is 0.312 e. The lowest BCUT2D eigenvalue weighted by Gasteiger charge is -1.95. The molecule has 0 aliphatic heterocycles. The number of hydrogen-bond donors (Lipinski definition) is 1.